The van der Waals surface area contributed by atoms with Crippen LogP contribution in [-0.2, 0) is 13.0 Å². The van der Waals surface area contributed by atoms with Crippen LogP contribution in [0.1, 0.15) is 35.7 Å². The molecule has 0 bridgehead atoms. The molecule has 0 spiro atoms. The van der Waals surface area contributed by atoms with Gasteiger partial charge in [0.25, 0.3) is 0 Å². The summed E-state index contributed by atoms with van der Waals surface area (Å²) in [5.41, 5.74) is 0. The van der Waals surface area contributed by atoms with E-state index in [4.69, 9.17) is 5.11 Å². The second kappa shape index (κ2) is 3.16. The van der Waals surface area contributed by atoms with Crippen molar-refractivity contribution in [1.82, 2.24) is 14.8 Å². The van der Waals surface area contributed by atoms with Gasteiger partial charge in [0.05, 0.1) is 0 Å². The number of carbonyl (C=O) groups is 1. The molecule has 0 radical (unpaired) electrons. The van der Waals surface area contributed by atoms with Crippen molar-refractivity contribution in [3.63, 3.8) is 0 Å². The van der Waals surface area contributed by atoms with Gasteiger partial charge < -0.3 is 9.67 Å². The molecule has 1 aliphatic rings. The molecule has 0 saturated heterocycles. The maximum Gasteiger partial charge on any atom is 0.374 e. The molecule has 2 rings (SSSR count). The van der Waals surface area contributed by atoms with Crippen molar-refractivity contribution < 1.29 is 9.90 Å². The molecule has 5 heteroatoms. The van der Waals surface area contributed by atoms with Crippen LogP contribution in [0.4, 0.5) is 0 Å². The first-order chi connectivity index (χ1) is 6.29. The summed E-state index contributed by atoms with van der Waals surface area (Å²) in [4.78, 5) is 10.7. The second-order valence-corrected chi connectivity index (χ2v) is 3.21. The van der Waals surface area contributed by atoms with Gasteiger partial charge in [0.15, 0.2) is 0 Å². The fourth-order valence-electron chi connectivity index (χ4n) is 1.64. The van der Waals surface area contributed by atoms with Gasteiger partial charge in [-0.3, -0.25) is 0 Å². The zero-order valence-electron chi connectivity index (χ0n) is 7.23. The van der Waals surface area contributed by atoms with Gasteiger partial charge in [-0.25, -0.2) is 4.79 Å². The van der Waals surface area contributed by atoms with Gasteiger partial charge in [-0.05, 0) is 12.8 Å². The minimum atomic E-state index is -0.986. The number of carboxylic acids is 1. The van der Waals surface area contributed by atoms with Gasteiger partial charge in [-0.2, -0.15) is 0 Å². The van der Waals surface area contributed by atoms with Crippen LogP contribution < -0.4 is 0 Å². The Labute approximate surface area is 75.4 Å². The van der Waals surface area contributed by atoms with Crippen molar-refractivity contribution in [2.45, 2.75) is 32.2 Å². The molecule has 1 N–H and O–H groups in total. The van der Waals surface area contributed by atoms with Crippen LogP contribution >= 0.6 is 0 Å². The number of rotatable bonds is 1. The number of aryl methyl sites for hydroxylation is 1. The predicted octanol–water partition coefficient (Wildman–Crippen LogP) is 0.703. The first-order valence-electron chi connectivity index (χ1n) is 4.44. The fourth-order valence-corrected chi connectivity index (χ4v) is 1.64. The third-order valence-electron chi connectivity index (χ3n) is 2.30. The van der Waals surface area contributed by atoms with E-state index in [0.717, 1.165) is 38.1 Å². The number of carboxylic acid groups (broad SMARTS) is 1. The molecule has 0 aliphatic carbocycles. The minimum Gasteiger partial charge on any atom is -0.475 e. The Hall–Kier alpha value is -1.39. The van der Waals surface area contributed by atoms with Crippen LogP contribution in [0.25, 0.3) is 0 Å². The summed E-state index contributed by atoms with van der Waals surface area (Å²) >= 11 is 0. The van der Waals surface area contributed by atoms with E-state index in [-0.39, 0.29) is 5.82 Å². The van der Waals surface area contributed by atoms with Crippen molar-refractivity contribution in [2.24, 2.45) is 0 Å². The third kappa shape index (κ3) is 1.41. The molecular weight excluding hydrogens is 170 g/mol. The standard InChI is InChI=1S/C8H11N3O2/c12-8(13)7-10-9-6-4-2-1-3-5-11(6)7/h1-5H2,(H,12,13). The zero-order valence-corrected chi connectivity index (χ0v) is 7.23. The number of nitrogens with zero attached hydrogens (tertiary/aromatic N) is 3. The maximum absolute atomic E-state index is 10.7. The zero-order chi connectivity index (χ0) is 9.26. The SMILES string of the molecule is O=C(O)c1nnc2n1CCCCC2. The van der Waals surface area contributed by atoms with Gasteiger partial charge in [-0.1, -0.05) is 6.42 Å². The largest absolute Gasteiger partial charge is 0.475 e. The summed E-state index contributed by atoms with van der Waals surface area (Å²) in [6.45, 7) is 0.740. The Balaban J connectivity index is 2.39. The number of hydrogen-bond donors (Lipinski definition) is 1. The van der Waals surface area contributed by atoms with Gasteiger partial charge in [-0.15, -0.1) is 10.2 Å². The van der Waals surface area contributed by atoms with Gasteiger partial charge >= 0.3 is 5.97 Å². The third-order valence-corrected chi connectivity index (χ3v) is 2.30. The summed E-state index contributed by atoms with van der Waals surface area (Å²) in [5, 5.41) is 16.3. The minimum absolute atomic E-state index is 0.0805. The molecule has 13 heavy (non-hydrogen) atoms. The Morgan fingerprint density at radius 3 is 2.92 bits per heavy atom. The lowest BCUT2D eigenvalue weighted by Crippen LogP contribution is -2.10. The Kier molecular flexibility index (Phi) is 2.00. The maximum atomic E-state index is 10.7. The highest BCUT2D eigenvalue weighted by atomic mass is 16.4. The molecule has 1 aliphatic heterocycles. The van der Waals surface area contributed by atoms with E-state index in [2.05, 4.69) is 10.2 Å². The van der Waals surface area contributed by atoms with E-state index < -0.39 is 5.97 Å². The molecular formula is C8H11N3O2. The average Bonchev–Trinajstić information content (AvgIpc) is 2.36. The van der Waals surface area contributed by atoms with Crippen LogP contribution in [0.15, 0.2) is 0 Å². The number of aromatic carboxylic acids is 1. The van der Waals surface area contributed by atoms with Gasteiger partial charge in [0.1, 0.15) is 5.82 Å². The van der Waals surface area contributed by atoms with Gasteiger partial charge in [0.2, 0.25) is 5.82 Å². The lowest BCUT2D eigenvalue weighted by atomic mass is 10.2. The van der Waals surface area contributed by atoms with Crippen LogP contribution in [0.2, 0.25) is 0 Å². The topological polar surface area (TPSA) is 68.0 Å². The molecule has 2 heterocycles. The van der Waals surface area contributed by atoms with E-state index in [1.807, 2.05) is 0 Å². The molecule has 70 valence electrons. The Morgan fingerprint density at radius 2 is 2.15 bits per heavy atom. The second-order valence-electron chi connectivity index (χ2n) is 3.21. The van der Waals surface area contributed by atoms with E-state index in [9.17, 15) is 4.79 Å². The number of fused-ring (bicyclic) bond motifs is 1. The smallest absolute Gasteiger partial charge is 0.374 e. The van der Waals surface area contributed by atoms with Crippen LogP contribution in [0.3, 0.4) is 0 Å². The molecule has 1 aromatic heterocycles. The Bertz CT molecular complexity index is 332. The molecule has 1 aromatic rings. The van der Waals surface area contributed by atoms with E-state index in [1.54, 1.807) is 4.57 Å². The van der Waals surface area contributed by atoms with E-state index >= 15 is 0 Å². The first kappa shape index (κ1) is 8.22. The summed E-state index contributed by atoms with van der Waals surface area (Å²) in [6.07, 6.45) is 4.09. The van der Waals surface area contributed by atoms with Crippen LogP contribution in [0, 0.1) is 0 Å². The van der Waals surface area contributed by atoms with Crippen molar-refractivity contribution in [3.8, 4) is 0 Å². The monoisotopic (exact) mass is 181 g/mol. The summed E-state index contributed by atoms with van der Waals surface area (Å²) < 4.78 is 1.72. The van der Waals surface area contributed by atoms with E-state index in [1.165, 1.54) is 0 Å². The predicted molar refractivity (Wildman–Crippen MR) is 44.5 cm³/mol. The molecule has 0 fully saturated rings. The number of hydrogen-bond acceptors (Lipinski definition) is 3. The molecule has 0 unspecified atom stereocenters. The molecule has 0 saturated carbocycles. The van der Waals surface area contributed by atoms with Crippen LogP contribution in [0.5, 0.6) is 0 Å². The Morgan fingerprint density at radius 1 is 1.31 bits per heavy atom. The highest BCUT2D eigenvalue weighted by molar-refractivity contribution is 5.83. The molecule has 0 atom stereocenters. The van der Waals surface area contributed by atoms with Crippen molar-refractivity contribution in [3.05, 3.63) is 11.6 Å². The quantitative estimate of drug-likeness (QED) is 0.692. The molecule has 0 amide bonds. The van der Waals surface area contributed by atoms with Gasteiger partial charge in [0, 0.05) is 13.0 Å². The summed E-state index contributed by atoms with van der Waals surface area (Å²) in [6, 6.07) is 0. The van der Waals surface area contributed by atoms with Crippen molar-refractivity contribution >= 4 is 5.97 Å². The normalized spacial score (nSPS) is 16.3. The lowest BCUT2D eigenvalue weighted by molar-refractivity contribution is 0.0677. The molecule has 0 aromatic carbocycles. The van der Waals surface area contributed by atoms with Crippen molar-refractivity contribution in [1.29, 1.82) is 0 Å². The fraction of sp³-hybridized carbons (Fsp3) is 0.625. The highest BCUT2D eigenvalue weighted by Gasteiger charge is 2.18. The average molecular weight is 181 g/mol. The van der Waals surface area contributed by atoms with E-state index in [0.29, 0.717) is 0 Å². The molecule has 5 nitrogen and oxygen atoms in total. The lowest BCUT2D eigenvalue weighted by Gasteiger charge is -2.02. The number of aromatic nitrogens is 3. The highest BCUT2D eigenvalue weighted by Crippen LogP contribution is 2.13. The summed E-state index contributed by atoms with van der Waals surface area (Å²) in [7, 11) is 0. The van der Waals surface area contributed by atoms with Crippen LogP contribution in [-0.4, -0.2) is 25.8 Å². The van der Waals surface area contributed by atoms with Crippen molar-refractivity contribution in [2.75, 3.05) is 0 Å². The first-order valence-corrected chi connectivity index (χ1v) is 4.44. The summed E-state index contributed by atoms with van der Waals surface area (Å²) in [5.74, 6) is -0.0903.